The molecule has 4 nitrogen and oxygen atoms in total. The topological polar surface area (TPSA) is 61.4 Å². The van der Waals surface area contributed by atoms with Crippen molar-refractivity contribution in [1.29, 1.82) is 0 Å². The number of nitrogens with one attached hydrogen (secondary N) is 2. The molecule has 0 radical (unpaired) electrons. The monoisotopic (exact) mass is 312 g/mol. The van der Waals surface area contributed by atoms with Crippen molar-refractivity contribution >= 4 is 11.6 Å². The summed E-state index contributed by atoms with van der Waals surface area (Å²) < 4.78 is 13.2. The van der Waals surface area contributed by atoms with Crippen LogP contribution in [0.2, 0.25) is 0 Å². The van der Waals surface area contributed by atoms with Crippen molar-refractivity contribution in [3.05, 3.63) is 70.5 Å². The molecule has 2 aromatic carbocycles. The number of phenolic OH excluding ortho intramolecular Hbond substituents is 1. The molecule has 0 fully saturated rings. The van der Waals surface area contributed by atoms with Gasteiger partial charge in [0.15, 0.2) is 0 Å². The normalized spacial score (nSPS) is 13.0. The molecule has 3 rings (SSSR count). The second-order valence-corrected chi connectivity index (χ2v) is 5.48. The van der Waals surface area contributed by atoms with Gasteiger partial charge in [0.2, 0.25) is 0 Å². The van der Waals surface area contributed by atoms with Crippen molar-refractivity contribution < 1.29 is 14.3 Å². The third-order valence-electron chi connectivity index (χ3n) is 4.00. The molecule has 0 heterocycles. The summed E-state index contributed by atoms with van der Waals surface area (Å²) in [6.45, 7) is 1.88. The SMILES string of the molecule is Cc1c(O)ccc2c1CCC=C2NNC(=O)c1cccc(F)c1. The summed E-state index contributed by atoms with van der Waals surface area (Å²) in [6.07, 6.45) is 3.65. The van der Waals surface area contributed by atoms with Gasteiger partial charge in [-0.25, -0.2) is 4.39 Å². The number of halogens is 1. The number of allylic oxidation sites excluding steroid dienone is 1. The minimum Gasteiger partial charge on any atom is -0.508 e. The van der Waals surface area contributed by atoms with Crippen LogP contribution in [0.3, 0.4) is 0 Å². The molecule has 0 saturated carbocycles. The van der Waals surface area contributed by atoms with Gasteiger partial charge in [0.1, 0.15) is 11.6 Å². The first-order chi connectivity index (χ1) is 11.1. The average Bonchev–Trinajstić information content (AvgIpc) is 2.56. The van der Waals surface area contributed by atoms with Crippen LogP contribution in [0.1, 0.15) is 33.5 Å². The summed E-state index contributed by atoms with van der Waals surface area (Å²) in [5, 5.41) is 9.81. The van der Waals surface area contributed by atoms with E-state index in [0.29, 0.717) is 0 Å². The lowest BCUT2D eigenvalue weighted by Crippen LogP contribution is -2.36. The van der Waals surface area contributed by atoms with E-state index in [9.17, 15) is 14.3 Å². The molecule has 2 aromatic rings. The fourth-order valence-corrected chi connectivity index (χ4v) is 2.73. The molecule has 3 N–H and O–H groups in total. The molecule has 1 aliphatic carbocycles. The van der Waals surface area contributed by atoms with E-state index in [1.807, 2.05) is 19.1 Å². The van der Waals surface area contributed by atoms with Crippen molar-refractivity contribution in [3.63, 3.8) is 0 Å². The number of fused-ring (bicyclic) bond motifs is 1. The zero-order chi connectivity index (χ0) is 16.4. The van der Waals surface area contributed by atoms with Crippen LogP contribution in [0.15, 0.2) is 42.5 Å². The van der Waals surface area contributed by atoms with Crippen LogP contribution < -0.4 is 10.9 Å². The molecule has 0 unspecified atom stereocenters. The Morgan fingerprint density at radius 2 is 2.09 bits per heavy atom. The minimum atomic E-state index is -0.453. The average molecular weight is 312 g/mol. The Kier molecular flexibility index (Phi) is 4.02. The second kappa shape index (κ2) is 6.12. The Hall–Kier alpha value is -2.82. The zero-order valence-electron chi connectivity index (χ0n) is 12.7. The van der Waals surface area contributed by atoms with E-state index in [1.165, 1.54) is 18.2 Å². The van der Waals surface area contributed by atoms with Crippen molar-refractivity contribution in [2.45, 2.75) is 19.8 Å². The fraction of sp³-hybridized carbons (Fsp3) is 0.167. The lowest BCUT2D eigenvalue weighted by atomic mass is 9.91. The van der Waals surface area contributed by atoms with E-state index in [0.717, 1.165) is 35.2 Å². The smallest absolute Gasteiger partial charge is 0.269 e. The van der Waals surface area contributed by atoms with Gasteiger partial charge < -0.3 is 5.11 Å². The number of hydrogen-bond donors (Lipinski definition) is 3. The Balaban J connectivity index is 1.76. The van der Waals surface area contributed by atoms with E-state index in [4.69, 9.17) is 0 Å². The molecule has 1 amide bonds. The lowest BCUT2D eigenvalue weighted by Gasteiger charge is -2.21. The summed E-state index contributed by atoms with van der Waals surface area (Å²) in [7, 11) is 0. The van der Waals surface area contributed by atoms with E-state index in [2.05, 4.69) is 10.9 Å². The highest BCUT2D eigenvalue weighted by molar-refractivity contribution is 5.94. The number of rotatable bonds is 3. The molecule has 0 saturated heterocycles. The van der Waals surface area contributed by atoms with Gasteiger partial charge in [-0.15, -0.1) is 0 Å². The summed E-state index contributed by atoms with van der Waals surface area (Å²) >= 11 is 0. The second-order valence-electron chi connectivity index (χ2n) is 5.48. The number of aromatic hydroxyl groups is 1. The van der Waals surface area contributed by atoms with Crippen LogP contribution in [-0.4, -0.2) is 11.0 Å². The summed E-state index contributed by atoms with van der Waals surface area (Å²) in [4.78, 5) is 12.1. The first-order valence-electron chi connectivity index (χ1n) is 7.40. The van der Waals surface area contributed by atoms with Gasteiger partial charge in [0.05, 0.1) is 5.70 Å². The molecule has 0 aromatic heterocycles. The Morgan fingerprint density at radius 1 is 1.26 bits per heavy atom. The number of carbonyl (C=O) groups is 1. The summed E-state index contributed by atoms with van der Waals surface area (Å²) in [5.41, 5.74) is 9.38. The molecular formula is C18H17FN2O2. The Labute approximate surface area is 133 Å². The number of benzene rings is 2. The van der Waals surface area contributed by atoms with E-state index < -0.39 is 11.7 Å². The highest BCUT2D eigenvalue weighted by Gasteiger charge is 2.17. The molecule has 5 heteroatoms. The first-order valence-corrected chi connectivity index (χ1v) is 7.40. The van der Waals surface area contributed by atoms with Crippen LogP contribution in [0.5, 0.6) is 5.75 Å². The standard InChI is InChI=1S/C18H17FN2O2/c1-11-14-6-3-7-16(15(14)8-9-17(11)22)20-21-18(23)12-4-2-5-13(19)10-12/h2,4-5,7-10,20,22H,3,6H2,1H3,(H,21,23). The molecule has 0 bridgehead atoms. The molecule has 0 atom stereocenters. The molecule has 0 spiro atoms. The highest BCUT2D eigenvalue weighted by atomic mass is 19.1. The molecule has 0 aliphatic heterocycles. The summed E-state index contributed by atoms with van der Waals surface area (Å²) in [5.74, 6) is -0.590. The minimum absolute atomic E-state index is 0.246. The Bertz CT molecular complexity index is 800. The lowest BCUT2D eigenvalue weighted by molar-refractivity contribution is 0.0942. The number of carbonyl (C=O) groups excluding carboxylic acids is 1. The maximum absolute atomic E-state index is 13.2. The van der Waals surface area contributed by atoms with Gasteiger partial charge >= 0.3 is 0 Å². The van der Waals surface area contributed by atoms with Gasteiger partial charge in [-0.05, 0) is 61.2 Å². The van der Waals surface area contributed by atoms with Crippen LogP contribution in [-0.2, 0) is 6.42 Å². The first kappa shape index (κ1) is 15.1. The highest BCUT2D eigenvalue weighted by Crippen LogP contribution is 2.31. The number of hydrogen-bond acceptors (Lipinski definition) is 3. The van der Waals surface area contributed by atoms with Crippen LogP contribution >= 0.6 is 0 Å². The van der Waals surface area contributed by atoms with Crippen LogP contribution in [0, 0.1) is 12.7 Å². The predicted octanol–water partition coefficient (Wildman–Crippen LogP) is 3.06. The predicted molar refractivity (Wildman–Crippen MR) is 86.1 cm³/mol. The van der Waals surface area contributed by atoms with Gasteiger partial charge in [0.25, 0.3) is 5.91 Å². The van der Waals surface area contributed by atoms with Crippen molar-refractivity contribution in [2.75, 3.05) is 0 Å². The third kappa shape index (κ3) is 3.04. The largest absolute Gasteiger partial charge is 0.508 e. The van der Waals surface area contributed by atoms with Crippen molar-refractivity contribution in [3.8, 4) is 5.75 Å². The van der Waals surface area contributed by atoms with Gasteiger partial charge in [0, 0.05) is 11.1 Å². The van der Waals surface area contributed by atoms with Gasteiger partial charge in [-0.2, -0.15) is 0 Å². The van der Waals surface area contributed by atoms with E-state index in [1.54, 1.807) is 12.1 Å². The van der Waals surface area contributed by atoms with Crippen LogP contribution in [0.25, 0.3) is 5.70 Å². The zero-order valence-corrected chi connectivity index (χ0v) is 12.7. The number of hydrazine groups is 1. The van der Waals surface area contributed by atoms with E-state index >= 15 is 0 Å². The molecule has 23 heavy (non-hydrogen) atoms. The fourth-order valence-electron chi connectivity index (χ4n) is 2.73. The molecule has 118 valence electrons. The van der Waals surface area contributed by atoms with E-state index in [-0.39, 0.29) is 11.3 Å². The van der Waals surface area contributed by atoms with Crippen molar-refractivity contribution in [2.24, 2.45) is 0 Å². The quantitative estimate of drug-likeness (QED) is 0.763. The molecule has 1 aliphatic rings. The van der Waals surface area contributed by atoms with Gasteiger partial charge in [-0.3, -0.25) is 15.6 Å². The number of amides is 1. The summed E-state index contributed by atoms with van der Waals surface area (Å²) in [6, 6.07) is 8.98. The van der Waals surface area contributed by atoms with Crippen LogP contribution in [0.4, 0.5) is 4.39 Å². The maximum atomic E-state index is 13.2. The molecular weight excluding hydrogens is 295 g/mol. The van der Waals surface area contributed by atoms with Gasteiger partial charge in [-0.1, -0.05) is 12.1 Å². The Morgan fingerprint density at radius 3 is 2.87 bits per heavy atom. The maximum Gasteiger partial charge on any atom is 0.269 e. The van der Waals surface area contributed by atoms with Crippen molar-refractivity contribution in [1.82, 2.24) is 10.9 Å². The number of phenols is 1. The third-order valence-corrected chi connectivity index (χ3v) is 4.00.